The van der Waals surface area contributed by atoms with Gasteiger partial charge in [0.2, 0.25) is 0 Å². The van der Waals surface area contributed by atoms with E-state index in [2.05, 4.69) is 23.3 Å². The lowest BCUT2D eigenvalue weighted by molar-refractivity contribution is 0.457. The summed E-state index contributed by atoms with van der Waals surface area (Å²) in [6.45, 7) is 2.71. The molecule has 0 radical (unpaired) electrons. The van der Waals surface area contributed by atoms with Crippen molar-refractivity contribution in [2.24, 2.45) is 11.7 Å². The molecule has 0 saturated heterocycles. The summed E-state index contributed by atoms with van der Waals surface area (Å²) in [5.74, 6) is 1.34. The minimum absolute atomic E-state index is 0.133. The average molecular weight is 256 g/mol. The largest absolute Gasteiger partial charge is 0.362 e. The normalized spacial score (nSPS) is 20.5. The zero-order chi connectivity index (χ0) is 13.5. The number of pyridine rings is 1. The van der Waals surface area contributed by atoms with Gasteiger partial charge >= 0.3 is 0 Å². The molecule has 0 bridgehead atoms. The number of hydrogen-bond donors (Lipinski definition) is 2. The fraction of sp³-hybridized carbons (Fsp3) is 0.600. The molecule has 100 valence electrons. The second kappa shape index (κ2) is 4.50. The van der Waals surface area contributed by atoms with Gasteiger partial charge in [0.05, 0.1) is 11.1 Å². The third-order valence-corrected chi connectivity index (χ3v) is 4.48. The number of nitrogens with zero attached hydrogens (tertiary/aromatic N) is 2. The molecular weight excluding hydrogens is 236 g/mol. The molecule has 4 heteroatoms. The number of aromatic nitrogens is 1. The summed E-state index contributed by atoms with van der Waals surface area (Å²) in [7, 11) is 0. The van der Waals surface area contributed by atoms with Crippen molar-refractivity contribution >= 4 is 5.82 Å². The van der Waals surface area contributed by atoms with E-state index in [4.69, 9.17) is 5.73 Å². The molecule has 1 heterocycles. The van der Waals surface area contributed by atoms with E-state index in [0.717, 1.165) is 30.8 Å². The summed E-state index contributed by atoms with van der Waals surface area (Å²) in [6.07, 6.45) is 5.65. The maximum atomic E-state index is 9.31. The van der Waals surface area contributed by atoms with Gasteiger partial charge in [0.15, 0.2) is 0 Å². The van der Waals surface area contributed by atoms with Crippen LogP contribution in [0.1, 0.15) is 43.0 Å². The topological polar surface area (TPSA) is 74.7 Å². The number of nitriles is 1. The number of hydrogen-bond acceptors (Lipinski definition) is 4. The number of aryl methyl sites for hydroxylation is 2. The van der Waals surface area contributed by atoms with E-state index in [1.54, 1.807) is 0 Å². The molecule has 0 aliphatic heterocycles. The molecule has 4 nitrogen and oxygen atoms in total. The van der Waals surface area contributed by atoms with Crippen LogP contribution in [0.15, 0.2) is 6.07 Å². The van der Waals surface area contributed by atoms with Gasteiger partial charge in [-0.05, 0) is 56.6 Å². The highest BCUT2D eigenvalue weighted by Gasteiger charge is 2.41. The zero-order valence-corrected chi connectivity index (χ0v) is 11.4. The third-order valence-electron chi connectivity index (χ3n) is 4.48. The molecule has 1 aromatic heterocycles. The Morgan fingerprint density at radius 2 is 2.32 bits per heavy atom. The minimum atomic E-state index is -0.133. The predicted molar refractivity (Wildman–Crippen MR) is 74.8 cm³/mol. The summed E-state index contributed by atoms with van der Waals surface area (Å²) in [5.41, 5.74) is 8.84. The van der Waals surface area contributed by atoms with E-state index in [-0.39, 0.29) is 5.54 Å². The van der Waals surface area contributed by atoms with Crippen molar-refractivity contribution in [3.63, 3.8) is 0 Å². The third kappa shape index (κ3) is 2.19. The number of fused-ring (bicyclic) bond motifs is 1. The van der Waals surface area contributed by atoms with Crippen molar-refractivity contribution in [1.29, 1.82) is 5.26 Å². The van der Waals surface area contributed by atoms with Crippen LogP contribution in [-0.2, 0) is 12.8 Å². The van der Waals surface area contributed by atoms with Gasteiger partial charge < -0.3 is 11.1 Å². The number of nitrogens with two attached hydrogens (primary N) is 1. The van der Waals surface area contributed by atoms with Crippen molar-refractivity contribution in [2.45, 2.75) is 44.6 Å². The maximum Gasteiger partial charge on any atom is 0.144 e. The van der Waals surface area contributed by atoms with Crippen LogP contribution in [0.25, 0.3) is 0 Å². The molecule has 19 heavy (non-hydrogen) atoms. The average Bonchev–Trinajstić information content (AvgIpc) is 3.18. The molecule has 1 aromatic rings. The van der Waals surface area contributed by atoms with Crippen LogP contribution < -0.4 is 11.1 Å². The molecule has 0 aromatic carbocycles. The molecule has 2 aliphatic carbocycles. The Balaban J connectivity index is 1.94. The second-order valence-electron chi connectivity index (χ2n) is 5.98. The van der Waals surface area contributed by atoms with Gasteiger partial charge in [0.25, 0.3) is 0 Å². The Labute approximate surface area is 114 Å². The summed E-state index contributed by atoms with van der Waals surface area (Å²) >= 11 is 0. The Morgan fingerprint density at radius 1 is 1.53 bits per heavy atom. The molecular formula is C15H20N4. The molecule has 2 aliphatic rings. The molecule has 0 spiro atoms. The fourth-order valence-corrected chi connectivity index (χ4v) is 2.96. The molecule has 1 fully saturated rings. The summed E-state index contributed by atoms with van der Waals surface area (Å²) in [4.78, 5) is 4.68. The Bertz CT molecular complexity index is 542. The number of rotatable bonds is 4. The van der Waals surface area contributed by atoms with Crippen LogP contribution in [0.4, 0.5) is 5.82 Å². The van der Waals surface area contributed by atoms with Crippen LogP contribution in [0.3, 0.4) is 0 Å². The first kappa shape index (κ1) is 12.4. The first-order chi connectivity index (χ1) is 9.16. The van der Waals surface area contributed by atoms with Gasteiger partial charge in [0.1, 0.15) is 11.9 Å². The smallest absolute Gasteiger partial charge is 0.144 e. The van der Waals surface area contributed by atoms with Gasteiger partial charge in [-0.2, -0.15) is 5.26 Å². The van der Waals surface area contributed by atoms with E-state index in [9.17, 15) is 5.26 Å². The van der Waals surface area contributed by atoms with E-state index in [0.29, 0.717) is 18.0 Å². The van der Waals surface area contributed by atoms with Gasteiger partial charge in [-0.3, -0.25) is 0 Å². The van der Waals surface area contributed by atoms with E-state index < -0.39 is 0 Å². The first-order valence-electron chi connectivity index (χ1n) is 7.07. The van der Waals surface area contributed by atoms with Crippen LogP contribution >= 0.6 is 0 Å². The lowest BCUT2D eigenvalue weighted by Gasteiger charge is -2.30. The van der Waals surface area contributed by atoms with E-state index in [1.165, 1.54) is 18.4 Å². The van der Waals surface area contributed by atoms with Crippen molar-refractivity contribution in [3.05, 3.63) is 22.9 Å². The van der Waals surface area contributed by atoms with Crippen LogP contribution in [-0.4, -0.2) is 17.1 Å². The molecule has 1 saturated carbocycles. The van der Waals surface area contributed by atoms with Crippen LogP contribution in [0.2, 0.25) is 0 Å². The van der Waals surface area contributed by atoms with Crippen molar-refractivity contribution < 1.29 is 0 Å². The Morgan fingerprint density at radius 3 is 2.95 bits per heavy atom. The van der Waals surface area contributed by atoms with Crippen molar-refractivity contribution in [3.8, 4) is 6.07 Å². The van der Waals surface area contributed by atoms with Crippen LogP contribution in [0.5, 0.6) is 0 Å². The SMILES string of the molecule is CC(CN)(Nc1nc2c(cc1C#N)CCC2)C1CC1. The second-order valence-corrected chi connectivity index (χ2v) is 5.98. The lowest BCUT2D eigenvalue weighted by atomic mass is 9.95. The van der Waals surface area contributed by atoms with Crippen molar-refractivity contribution in [1.82, 2.24) is 4.98 Å². The van der Waals surface area contributed by atoms with Gasteiger partial charge in [-0.1, -0.05) is 0 Å². The molecule has 1 unspecified atom stereocenters. The molecule has 1 atom stereocenters. The lowest BCUT2D eigenvalue weighted by Crippen LogP contribution is -2.45. The zero-order valence-electron chi connectivity index (χ0n) is 11.4. The highest BCUT2D eigenvalue weighted by atomic mass is 15.1. The number of nitrogens with one attached hydrogen (secondary N) is 1. The predicted octanol–water partition coefficient (Wildman–Crippen LogP) is 1.98. The Hall–Kier alpha value is -1.60. The van der Waals surface area contributed by atoms with E-state index >= 15 is 0 Å². The quantitative estimate of drug-likeness (QED) is 0.863. The summed E-state index contributed by atoms with van der Waals surface area (Å²) in [6, 6.07) is 4.27. The maximum absolute atomic E-state index is 9.31. The standard InChI is InChI=1S/C15H20N4/c1-15(9-17,12-5-6-12)19-14-11(8-16)7-10-3-2-4-13(10)18-14/h7,12H,2-6,9,17H2,1H3,(H,18,19). The monoisotopic (exact) mass is 256 g/mol. The fourth-order valence-electron chi connectivity index (χ4n) is 2.96. The summed E-state index contributed by atoms with van der Waals surface area (Å²) in [5, 5.41) is 12.8. The minimum Gasteiger partial charge on any atom is -0.362 e. The van der Waals surface area contributed by atoms with Crippen molar-refractivity contribution in [2.75, 3.05) is 11.9 Å². The number of anilines is 1. The highest BCUT2D eigenvalue weighted by Crippen LogP contribution is 2.41. The van der Waals surface area contributed by atoms with E-state index in [1.807, 2.05) is 6.07 Å². The Kier molecular flexibility index (Phi) is 2.94. The molecule has 3 rings (SSSR count). The summed E-state index contributed by atoms with van der Waals surface area (Å²) < 4.78 is 0. The van der Waals surface area contributed by atoms with Gasteiger partial charge in [0, 0.05) is 12.2 Å². The van der Waals surface area contributed by atoms with Crippen LogP contribution in [0, 0.1) is 17.2 Å². The molecule has 0 amide bonds. The highest BCUT2D eigenvalue weighted by molar-refractivity contribution is 5.56. The van der Waals surface area contributed by atoms with Gasteiger partial charge in [-0.15, -0.1) is 0 Å². The first-order valence-corrected chi connectivity index (χ1v) is 7.07. The molecule has 3 N–H and O–H groups in total. The van der Waals surface area contributed by atoms with Gasteiger partial charge in [-0.25, -0.2) is 4.98 Å².